The number of rotatable bonds is 6. The first-order valence-corrected chi connectivity index (χ1v) is 15.3. The van der Waals surface area contributed by atoms with E-state index in [1.807, 2.05) is 47.4 Å². The van der Waals surface area contributed by atoms with Gasteiger partial charge in [0, 0.05) is 45.7 Å². The molecule has 232 valence electrons. The van der Waals surface area contributed by atoms with Crippen LogP contribution in [0.5, 0.6) is 17.2 Å². The first kappa shape index (κ1) is 30.8. The number of methoxy groups -OCH3 is 2. The predicted molar refractivity (Wildman–Crippen MR) is 160 cm³/mol. The van der Waals surface area contributed by atoms with Crippen molar-refractivity contribution in [3.05, 3.63) is 53.6 Å². The Morgan fingerprint density at radius 1 is 1.05 bits per heavy atom. The lowest BCUT2D eigenvalue weighted by atomic mass is 9.83. The number of piperidine rings is 1. The Hall–Kier alpha value is -3.63. The number of amides is 3. The van der Waals surface area contributed by atoms with E-state index in [9.17, 15) is 14.4 Å². The van der Waals surface area contributed by atoms with Crippen molar-refractivity contribution < 1.29 is 33.3 Å². The van der Waals surface area contributed by atoms with Gasteiger partial charge in [0.25, 0.3) is 0 Å². The summed E-state index contributed by atoms with van der Waals surface area (Å²) >= 11 is 0. The maximum atomic E-state index is 13.4. The molecule has 10 heteroatoms. The van der Waals surface area contributed by atoms with Crippen molar-refractivity contribution in [3.63, 3.8) is 0 Å². The van der Waals surface area contributed by atoms with Crippen LogP contribution in [-0.4, -0.2) is 86.7 Å². The van der Waals surface area contributed by atoms with Crippen molar-refractivity contribution >= 4 is 17.7 Å². The largest absolute Gasteiger partial charge is 0.493 e. The SMILES string of the molecule is COCCCN1CC(=O)N[C@H]2CN(C(=O)C3CCC3)CC[C@H]2OCc2cccc(c2)Oc2ccc(cc2OC)CCC1=O. The van der Waals surface area contributed by atoms with Gasteiger partial charge in [-0.2, -0.15) is 0 Å². The Morgan fingerprint density at radius 3 is 2.67 bits per heavy atom. The quantitative estimate of drug-likeness (QED) is 0.509. The lowest BCUT2D eigenvalue weighted by Gasteiger charge is -2.41. The Morgan fingerprint density at radius 2 is 1.91 bits per heavy atom. The van der Waals surface area contributed by atoms with Crippen molar-refractivity contribution in [2.75, 3.05) is 47.0 Å². The molecular formula is C33H43N3O7. The number of nitrogens with zero attached hydrogens (tertiary/aromatic N) is 2. The second kappa shape index (κ2) is 14.7. The summed E-state index contributed by atoms with van der Waals surface area (Å²) in [7, 11) is 3.21. The van der Waals surface area contributed by atoms with E-state index in [1.54, 1.807) is 19.1 Å². The van der Waals surface area contributed by atoms with E-state index in [0.717, 1.165) is 30.4 Å². The highest BCUT2D eigenvalue weighted by molar-refractivity contribution is 5.85. The van der Waals surface area contributed by atoms with E-state index in [1.165, 1.54) is 0 Å². The minimum atomic E-state index is -0.387. The van der Waals surface area contributed by atoms with E-state index >= 15 is 0 Å². The predicted octanol–water partition coefficient (Wildman–Crippen LogP) is 3.70. The number of aryl methyl sites for hydroxylation is 1. The molecule has 3 heterocycles. The molecule has 1 N–H and O–H groups in total. The Balaban J connectivity index is 1.39. The summed E-state index contributed by atoms with van der Waals surface area (Å²) in [5.41, 5.74) is 1.86. The van der Waals surface area contributed by atoms with Gasteiger partial charge in [0.2, 0.25) is 17.7 Å². The first-order valence-electron chi connectivity index (χ1n) is 15.3. The molecule has 0 radical (unpaired) electrons. The lowest BCUT2D eigenvalue weighted by molar-refractivity contribution is -0.144. The zero-order valence-corrected chi connectivity index (χ0v) is 25.2. The van der Waals surface area contributed by atoms with Crippen molar-refractivity contribution in [2.24, 2.45) is 5.92 Å². The number of nitrogens with one attached hydrogen (secondary N) is 1. The molecule has 2 atom stereocenters. The van der Waals surface area contributed by atoms with Gasteiger partial charge in [-0.3, -0.25) is 14.4 Å². The van der Waals surface area contributed by atoms with Gasteiger partial charge in [0.05, 0.1) is 32.4 Å². The summed E-state index contributed by atoms with van der Waals surface area (Å²) in [6.45, 7) is 2.13. The van der Waals surface area contributed by atoms with E-state index in [-0.39, 0.29) is 48.8 Å². The molecule has 4 bridgehead atoms. The number of carbonyl (C=O) groups excluding carboxylic acids is 3. The summed E-state index contributed by atoms with van der Waals surface area (Å²) in [6.07, 6.45) is 4.62. The minimum absolute atomic E-state index is 0.0690. The van der Waals surface area contributed by atoms with E-state index in [4.69, 9.17) is 18.9 Å². The third kappa shape index (κ3) is 8.06. The van der Waals surface area contributed by atoms with Gasteiger partial charge in [-0.15, -0.1) is 0 Å². The van der Waals surface area contributed by atoms with Crippen LogP contribution in [-0.2, 0) is 36.9 Å². The average Bonchev–Trinajstić information content (AvgIpc) is 2.98. The summed E-state index contributed by atoms with van der Waals surface area (Å²) in [6, 6.07) is 13.0. The van der Waals surface area contributed by atoms with Crippen LogP contribution in [0, 0.1) is 5.92 Å². The molecule has 0 aromatic heterocycles. The molecule has 6 rings (SSSR count). The molecule has 2 aromatic carbocycles. The van der Waals surface area contributed by atoms with Gasteiger partial charge in [-0.1, -0.05) is 24.6 Å². The van der Waals surface area contributed by atoms with Crippen molar-refractivity contribution in [1.82, 2.24) is 15.1 Å². The van der Waals surface area contributed by atoms with Crippen LogP contribution < -0.4 is 14.8 Å². The van der Waals surface area contributed by atoms with Crippen LogP contribution in [0.4, 0.5) is 0 Å². The third-order valence-corrected chi connectivity index (χ3v) is 8.57. The summed E-state index contributed by atoms with van der Waals surface area (Å²) in [4.78, 5) is 43.4. The number of likely N-dealkylation sites (tertiary alicyclic amines) is 1. The van der Waals surface area contributed by atoms with Crippen LogP contribution in [0.2, 0.25) is 0 Å². The number of hydrogen-bond acceptors (Lipinski definition) is 7. The third-order valence-electron chi connectivity index (χ3n) is 8.57. The van der Waals surface area contributed by atoms with E-state index in [0.29, 0.717) is 69.4 Å². The summed E-state index contributed by atoms with van der Waals surface area (Å²) in [5, 5.41) is 3.13. The lowest BCUT2D eigenvalue weighted by Crippen LogP contribution is -2.59. The van der Waals surface area contributed by atoms with Crippen molar-refractivity contribution in [3.8, 4) is 17.2 Å². The van der Waals surface area contributed by atoms with E-state index < -0.39 is 0 Å². The molecule has 4 aliphatic rings. The molecule has 1 aliphatic carbocycles. The van der Waals surface area contributed by atoms with E-state index in [2.05, 4.69) is 5.32 Å². The fraction of sp³-hybridized carbons (Fsp3) is 0.545. The van der Waals surface area contributed by atoms with Gasteiger partial charge in [-0.05, 0) is 67.5 Å². The molecule has 1 saturated carbocycles. The topological polar surface area (TPSA) is 107 Å². The van der Waals surface area contributed by atoms with Crippen molar-refractivity contribution in [2.45, 2.75) is 63.7 Å². The van der Waals surface area contributed by atoms with Crippen LogP contribution in [0.15, 0.2) is 42.5 Å². The Bertz CT molecular complexity index is 1280. The monoisotopic (exact) mass is 593 g/mol. The molecule has 2 fully saturated rings. The molecule has 3 aliphatic heterocycles. The Kier molecular flexibility index (Phi) is 10.5. The molecule has 0 unspecified atom stereocenters. The van der Waals surface area contributed by atoms with Crippen LogP contribution >= 0.6 is 0 Å². The zero-order valence-electron chi connectivity index (χ0n) is 25.2. The normalized spacial score (nSPS) is 21.9. The standard InChI is InChI=1S/C33H43N3O7/c1-40-17-5-15-35-21-31(37)34-27-20-36(33(39)25-7-4-8-25)16-14-28(27)42-22-24-6-3-9-26(18-24)43-29-12-10-23(11-13-32(35)38)19-30(29)41-2/h3,6,9-10,12,18-19,25,27-28H,4-5,7-8,11,13-17,20-22H2,1-2H3,(H,34,37)/t27-,28+/m0/s1. The van der Waals surface area contributed by atoms with Gasteiger partial charge in [-0.25, -0.2) is 0 Å². The first-order chi connectivity index (χ1) is 20.9. The fourth-order valence-corrected chi connectivity index (χ4v) is 5.89. The van der Waals surface area contributed by atoms with Gasteiger partial charge in [0.1, 0.15) is 5.75 Å². The molecule has 3 amide bonds. The minimum Gasteiger partial charge on any atom is -0.493 e. The molecule has 2 aromatic rings. The molecule has 1 saturated heterocycles. The molecule has 43 heavy (non-hydrogen) atoms. The average molecular weight is 594 g/mol. The summed E-state index contributed by atoms with van der Waals surface area (Å²) < 4.78 is 23.4. The van der Waals surface area contributed by atoms with Gasteiger partial charge >= 0.3 is 0 Å². The van der Waals surface area contributed by atoms with Gasteiger partial charge in [0.15, 0.2) is 11.5 Å². The number of benzene rings is 2. The zero-order chi connectivity index (χ0) is 30.2. The summed E-state index contributed by atoms with van der Waals surface area (Å²) in [5.74, 6) is 1.68. The molecule has 0 spiro atoms. The number of ether oxygens (including phenoxy) is 4. The fourth-order valence-electron chi connectivity index (χ4n) is 5.89. The number of hydrogen-bond donors (Lipinski definition) is 1. The number of fused-ring (bicyclic) bond motifs is 9. The Labute approximate surface area is 253 Å². The smallest absolute Gasteiger partial charge is 0.239 e. The number of carbonyl (C=O) groups is 3. The maximum Gasteiger partial charge on any atom is 0.239 e. The highest BCUT2D eigenvalue weighted by atomic mass is 16.5. The van der Waals surface area contributed by atoms with Crippen molar-refractivity contribution in [1.29, 1.82) is 0 Å². The second-order valence-electron chi connectivity index (χ2n) is 11.6. The van der Waals surface area contributed by atoms with Gasteiger partial charge < -0.3 is 34.1 Å². The molecule has 10 nitrogen and oxygen atoms in total. The highest BCUT2D eigenvalue weighted by Gasteiger charge is 2.37. The second-order valence-corrected chi connectivity index (χ2v) is 11.6. The van der Waals surface area contributed by atoms with Crippen LogP contribution in [0.3, 0.4) is 0 Å². The molecular weight excluding hydrogens is 550 g/mol. The maximum absolute atomic E-state index is 13.4. The van der Waals surface area contributed by atoms with Crippen LogP contribution in [0.1, 0.15) is 49.7 Å². The highest BCUT2D eigenvalue weighted by Crippen LogP contribution is 2.34. The van der Waals surface area contributed by atoms with Crippen LogP contribution in [0.25, 0.3) is 0 Å².